The van der Waals surface area contributed by atoms with E-state index in [-0.39, 0.29) is 11.6 Å². The van der Waals surface area contributed by atoms with E-state index in [1.54, 1.807) is 0 Å². The second kappa shape index (κ2) is 5.47. The Labute approximate surface area is 80.4 Å². The van der Waals surface area contributed by atoms with Crippen LogP contribution in [0.4, 0.5) is 0 Å². The zero-order valence-corrected chi connectivity index (χ0v) is 7.21. The van der Waals surface area contributed by atoms with Gasteiger partial charge in [-0.05, 0) is 24.3 Å². The number of allylic oxidation sites excluding steroid dienone is 5. The van der Waals surface area contributed by atoms with Gasteiger partial charge in [-0.25, -0.2) is 0 Å². The first-order valence-electron chi connectivity index (χ1n) is 3.82. The standard InChI is InChI=1S/C9H8N2O3/c12-8-2-1-6-10-11-14-7-5-9(13)4-3-8/h1-7,11H/b2-1+,4-3?,7-5-,10-6-. The predicted molar refractivity (Wildman–Crippen MR) is 50.1 cm³/mol. The summed E-state index contributed by atoms with van der Waals surface area (Å²) in [6.07, 6.45) is 8.69. The molecule has 5 nitrogen and oxygen atoms in total. The summed E-state index contributed by atoms with van der Waals surface area (Å²) in [6, 6.07) is 0. The van der Waals surface area contributed by atoms with Gasteiger partial charge in [0, 0.05) is 6.08 Å². The maximum absolute atomic E-state index is 11.0. The van der Waals surface area contributed by atoms with E-state index in [9.17, 15) is 9.59 Å². The molecule has 0 aromatic rings. The molecule has 0 atom stereocenters. The Bertz CT molecular complexity index is 340. The summed E-state index contributed by atoms with van der Waals surface area (Å²) in [6.45, 7) is 0. The van der Waals surface area contributed by atoms with Crippen molar-refractivity contribution >= 4 is 17.8 Å². The Morgan fingerprint density at radius 3 is 2.57 bits per heavy atom. The highest BCUT2D eigenvalue weighted by atomic mass is 16.7. The number of nitrogens with zero attached hydrogens (tertiary/aromatic N) is 1. The van der Waals surface area contributed by atoms with Gasteiger partial charge in [-0.3, -0.25) is 9.59 Å². The fourth-order valence-corrected chi connectivity index (χ4v) is 0.649. The number of nitrogens with one attached hydrogen (secondary N) is 1. The highest BCUT2D eigenvalue weighted by molar-refractivity contribution is 6.07. The van der Waals surface area contributed by atoms with Crippen LogP contribution in [0.1, 0.15) is 0 Å². The zero-order chi connectivity index (χ0) is 10.2. The number of hydrazone groups is 1. The van der Waals surface area contributed by atoms with Gasteiger partial charge in [0.25, 0.3) is 0 Å². The SMILES string of the molecule is O=C1C=CC(=O)/C=C/C=N\NO/C=C\1. The van der Waals surface area contributed by atoms with Crippen molar-refractivity contribution in [1.29, 1.82) is 0 Å². The maximum atomic E-state index is 11.0. The normalized spacial score (nSPS) is 23.7. The summed E-state index contributed by atoms with van der Waals surface area (Å²) in [7, 11) is 0. The summed E-state index contributed by atoms with van der Waals surface area (Å²) in [5, 5.41) is 3.54. The van der Waals surface area contributed by atoms with Crippen molar-refractivity contribution in [2.45, 2.75) is 0 Å². The first-order valence-corrected chi connectivity index (χ1v) is 3.82. The van der Waals surface area contributed by atoms with Gasteiger partial charge in [0.15, 0.2) is 11.6 Å². The van der Waals surface area contributed by atoms with E-state index < -0.39 is 0 Å². The van der Waals surface area contributed by atoms with Crippen molar-refractivity contribution in [2.24, 2.45) is 5.10 Å². The first kappa shape index (κ1) is 9.91. The van der Waals surface area contributed by atoms with Gasteiger partial charge in [-0.2, -0.15) is 5.10 Å². The van der Waals surface area contributed by atoms with Gasteiger partial charge in [-0.15, -0.1) is 5.59 Å². The lowest BCUT2D eigenvalue weighted by Crippen LogP contribution is -2.02. The second-order valence-electron chi connectivity index (χ2n) is 2.29. The van der Waals surface area contributed by atoms with E-state index in [2.05, 4.69) is 15.5 Å². The zero-order valence-electron chi connectivity index (χ0n) is 7.21. The third-order valence-electron chi connectivity index (χ3n) is 1.24. The van der Waals surface area contributed by atoms with E-state index in [1.165, 1.54) is 24.4 Å². The summed E-state index contributed by atoms with van der Waals surface area (Å²) in [4.78, 5) is 26.5. The lowest BCUT2D eigenvalue weighted by atomic mass is 10.3. The lowest BCUT2D eigenvalue weighted by Gasteiger charge is -1.94. The smallest absolute Gasteiger partial charge is 0.181 e. The van der Waals surface area contributed by atoms with Crippen LogP contribution in [0.15, 0.2) is 41.7 Å². The van der Waals surface area contributed by atoms with Gasteiger partial charge in [0.1, 0.15) is 6.26 Å². The molecule has 0 radical (unpaired) electrons. The van der Waals surface area contributed by atoms with Crippen molar-refractivity contribution in [3.8, 4) is 0 Å². The molecule has 0 aromatic carbocycles. The largest absolute Gasteiger partial charge is 0.373 e. The van der Waals surface area contributed by atoms with E-state index >= 15 is 0 Å². The molecule has 14 heavy (non-hydrogen) atoms. The summed E-state index contributed by atoms with van der Waals surface area (Å²) in [5.41, 5.74) is 2.18. The maximum Gasteiger partial charge on any atom is 0.181 e. The molecule has 1 heterocycles. The molecule has 1 rings (SSSR count). The van der Waals surface area contributed by atoms with Crippen molar-refractivity contribution in [3.63, 3.8) is 0 Å². The second-order valence-corrected chi connectivity index (χ2v) is 2.29. The highest BCUT2D eigenvalue weighted by Gasteiger charge is 1.92. The number of ketones is 2. The molecule has 0 saturated carbocycles. The van der Waals surface area contributed by atoms with Crippen LogP contribution in [0.5, 0.6) is 0 Å². The van der Waals surface area contributed by atoms with E-state index in [4.69, 9.17) is 0 Å². The molecule has 0 unspecified atom stereocenters. The summed E-state index contributed by atoms with van der Waals surface area (Å²) in [5.74, 6) is -0.613. The average Bonchev–Trinajstić information content (AvgIpc) is 2.17. The van der Waals surface area contributed by atoms with Gasteiger partial charge in [0.05, 0.1) is 6.21 Å². The molecule has 0 aromatic heterocycles. The molecule has 0 aliphatic carbocycles. The molecular formula is C9H8N2O3. The molecule has 0 bridgehead atoms. The Balaban J connectivity index is 2.73. The highest BCUT2D eigenvalue weighted by Crippen LogP contribution is 1.86. The molecule has 0 saturated heterocycles. The molecule has 5 heteroatoms. The summed E-state index contributed by atoms with van der Waals surface area (Å²) >= 11 is 0. The van der Waals surface area contributed by atoms with Crippen LogP contribution in [-0.4, -0.2) is 17.8 Å². The third-order valence-corrected chi connectivity index (χ3v) is 1.24. The number of carbonyl (C=O) groups excluding carboxylic acids is 2. The molecule has 72 valence electrons. The molecular weight excluding hydrogens is 184 g/mol. The average molecular weight is 192 g/mol. The minimum absolute atomic E-state index is 0.278. The minimum atomic E-state index is -0.335. The quantitative estimate of drug-likeness (QED) is 0.598. The van der Waals surface area contributed by atoms with Gasteiger partial charge in [0.2, 0.25) is 0 Å². The first-order chi connectivity index (χ1) is 6.79. The molecule has 1 aliphatic rings. The van der Waals surface area contributed by atoms with Crippen LogP contribution < -0.4 is 5.59 Å². The Kier molecular flexibility index (Phi) is 3.87. The van der Waals surface area contributed by atoms with E-state index in [1.807, 2.05) is 0 Å². The molecule has 0 amide bonds. The van der Waals surface area contributed by atoms with Crippen LogP contribution >= 0.6 is 0 Å². The number of rotatable bonds is 0. The molecule has 0 spiro atoms. The van der Waals surface area contributed by atoms with Crippen LogP contribution in [0.2, 0.25) is 0 Å². The number of carbonyl (C=O) groups is 2. The van der Waals surface area contributed by atoms with Crippen LogP contribution in [0, 0.1) is 0 Å². The lowest BCUT2D eigenvalue weighted by molar-refractivity contribution is -0.112. The van der Waals surface area contributed by atoms with Crippen LogP contribution in [0.25, 0.3) is 0 Å². The Morgan fingerprint density at radius 2 is 1.79 bits per heavy atom. The van der Waals surface area contributed by atoms with Crippen molar-refractivity contribution < 1.29 is 14.4 Å². The Morgan fingerprint density at radius 1 is 1.07 bits per heavy atom. The molecule has 1 aliphatic heterocycles. The predicted octanol–water partition coefficient (Wildman–Crippen LogP) is 0.271. The van der Waals surface area contributed by atoms with E-state index in [0.29, 0.717) is 0 Å². The van der Waals surface area contributed by atoms with Gasteiger partial charge < -0.3 is 4.84 Å². The minimum Gasteiger partial charge on any atom is -0.373 e. The van der Waals surface area contributed by atoms with Crippen LogP contribution in [0.3, 0.4) is 0 Å². The van der Waals surface area contributed by atoms with Crippen molar-refractivity contribution in [1.82, 2.24) is 5.59 Å². The van der Waals surface area contributed by atoms with E-state index in [0.717, 1.165) is 18.4 Å². The van der Waals surface area contributed by atoms with Crippen LogP contribution in [-0.2, 0) is 14.4 Å². The Hall–Kier alpha value is -2.17. The molecule has 0 fully saturated rings. The van der Waals surface area contributed by atoms with Gasteiger partial charge >= 0.3 is 0 Å². The summed E-state index contributed by atoms with van der Waals surface area (Å²) < 4.78 is 0. The fourth-order valence-electron chi connectivity index (χ4n) is 0.649. The fraction of sp³-hybridized carbons (Fsp3) is 0. The monoisotopic (exact) mass is 192 g/mol. The topological polar surface area (TPSA) is 67.8 Å². The number of hydrogen-bond acceptors (Lipinski definition) is 5. The van der Waals surface area contributed by atoms with Crippen molar-refractivity contribution in [3.05, 3.63) is 36.6 Å². The van der Waals surface area contributed by atoms with Crippen molar-refractivity contribution in [2.75, 3.05) is 0 Å². The third kappa shape index (κ3) is 4.01. The molecule has 1 N–H and O–H groups in total. The number of hydrogen-bond donors (Lipinski definition) is 1. The van der Waals surface area contributed by atoms with Gasteiger partial charge in [-0.1, -0.05) is 0 Å².